The van der Waals surface area contributed by atoms with E-state index >= 15 is 0 Å². The van der Waals surface area contributed by atoms with Crippen molar-refractivity contribution in [2.24, 2.45) is 5.73 Å². The maximum Gasteiger partial charge on any atom is 0.339 e. The molecule has 218 valence electrons. The van der Waals surface area contributed by atoms with Gasteiger partial charge in [-0.05, 0) is 43.5 Å². The highest BCUT2D eigenvalue weighted by molar-refractivity contribution is 6.42. The van der Waals surface area contributed by atoms with Crippen LogP contribution in [0.25, 0.3) is 0 Å². The van der Waals surface area contributed by atoms with Crippen LogP contribution >= 0.6 is 23.2 Å². The topological polar surface area (TPSA) is 93.9 Å². The SMILES string of the molecule is CC1=C(C(=O)OC(C)C)C(c2cccc(Cl)c2Cl)C(C(=O)OC2CN(C(c3ccccc3)c3ccccc3)C2)=C(N)N1. The number of halogens is 2. The van der Waals surface area contributed by atoms with E-state index in [0.717, 1.165) is 11.1 Å². The van der Waals surface area contributed by atoms with Crippen molar-refractivity contribution in [3.8, 4) is 0 Å². The smallest absolute Gasteiger partial charge is 0.339 e. The van der Waals surface area contributed by atoms with Crippen LogP contribution in [0.3, 0.4) is 0 Å². The van der Waals surface area contributed by atoms with Gasteiger partial charge in [0.2, 0.25) is 0 Å². The second-order valence-corrected chi connectivity index (χ2v) is 11.5. The number of nitrogens with two attached hydrogens (primary N) is 1. The number of carbonyl (C=O) groups excluding carboxylic acids is 2. The molecule has 1 unspecified atom stereocenters. The number of rotatable bonds is 8. The minimum absolute atomic E-state index is 0.0176. The van der Waals surface area contributed by atoms with E-state index in [2.05, 4.69) is 34.5 Å². The first-order valence-corrected chi connectivity index (χ1v) is 14.6. The molecule has 5 rings (SSSR count). The fourth-order valence-electron chi connectivity index (χ4n) is 5.54. The molecule has 3 aromatic rings. The van der Waals surface area contributed by atoms with Crippen molar-refractivity contribution < 1.29 is 19.1 Å². The van der Waals surface area contributed by atoms with E-state index in [1.54, 1.807) is 39.0 Å². The van der Waals surface area contributed by atoms with Gasteiger partial charge in [0, 0.05) is 18.8 Å². The van der Waals surface area contributed by atoms with E-state index in [1.807, 2.05) is 36.4 Å². The Labute approximate surface area is 255 Å². The first kappa shape index (κ1) is 29.7. The molecule has 2 aliphatic heterocycles. The molecule has 1 saturated heterocycles. The molecule has 0 amide bonds. The van der Waals surface area contributed by atoms with Gasteiger partial charge in [-0.25, -0.2) is 9.59 Å². The molecule has 0 radical (unpaired) electrons. The molecule has 2 aliphatic rings. The van der Waals surface area contributed by atoms with Crippen molar-refractivity contribution in [2.75, 3.05) is 13.1 Å². The number of hydrogen-bond acceptors (Lipinski definition) is 7. The highest BCUT2D eigenvalue weighted by Crippen LogP contribution is 2.43. The van der Waals surface area contributed by atoms with Crippen LogP contribution in [0.5, 0.6) is 0 Å². The minimum atomic E-state index is -0.936. The Balaban J connectivity index is 1.41. The number of ether oxygens (including phenoxy) is 2. The Morgan fingerprint density at radius 3 is 2.05 bits per heavy atom. The first-order chi connectivity index (χ1) is 20.2. The number of nitrogens with one attached hydrogen (secondary N) is 1. The molecule has 0 saturated carbocycles. The molecular formula is C33H33Cl2N3O4. The zero-order valence-corrected chi connectivity index (χ0v) is 25.2. The van der Waals surface area contributed by atoms with Gasteiger partial charge in [0.1, 0.15) is 11.9 Å². The van der Waals surface area contributed by atoms with Gasteiger partial charge in [-0.2, -0.15) is 0 Å². The second kappa shape index (κ2) is 12.6. The van der Waals surface area contributed by atoms with E-state index in [0.29, 0.717) is 24.4 Å². The summed E-state index contributed by atoms with van der Waals surface area (Å²) in [6.45, 7) is 6.27. The average molecular weight is 607 g/mol. The maximum atomic E-state index is 13.8. The zero-order valence-electron chi connectivity index (χ0n) is 23.6. The van der Waals surface area contributed by atoms with E-state index in [-0.39, 0.29) is 45.3 Å². The summed E-state index contributed by atoms with van der Waals surface area (Å²) in [6, 6.07) is 25.5. The largest absolute Gasteiger partial charge is 0.460 e. The molecule has 0 bridgehead atoms. The molecule has 3 aromatic carbocycles. The van der Waals surface area contributed by atoms with Crippen LogP contribution in [0.2, 0.25) is 10.0 Å². The molecule has 0 aromatic heterocycles. The van der Waals surface area contributed by atoms with Crippen LogP contribution in [-0.4, -0.2) is 42.1 Å². The Kier molecular flexibility index (Phi) is 8.92. The summed E-state index contributed by atoms with van der Waals surface area (Å²) in [4.78, 5) is 29.4. The monoisotopic (exact) mass is 605 g/mol. The number of carbonyl (C=O) groups is 2. The molecule has 7 nitrogen and oxygen atoms in total. The first-order valence-electron chi connectivity index (χ1n) is 13.8. The summed E-state index contributed by atoms with van der Waals surface area (Å²) in [5.41, 5.74) is 9.94. The van der Waals surface area contributed by atoms with Gasteiger partial charge >= 0.3 is 11.9 Å². The molecular weight excluding hydrogens is 573 g/mol. The molecule has 42 heavy (non-hydrogen) atoms. The third kappa shape index (κ3) is 6.04. The van der Waals surface area contributed by atoms with Crippen LogP contribution in [0.1, 0.15) is 49.4 Å². The average Bonchev–Trinajstić information content (AvgIpc) is 2.93. The molecule has 0 spiro atoms. The van der Waals surface area contributed by atoms with Crippen molar-refractivity contribution in [3.63, 3.8) is 0 Å². The van der Waals surface area contributed by atoms with Gasteiger partial charge in [-0.3, -0.25) is 4.90 Å². The fourth-order valence-corrected chi connectivity index (χ4v) is 5.96. The van der Waals surface area contributed by atoms with Crippen molar-refractivity contribution in [1.82, 2.24) is 10.2 Å². The lowest BCUT2D eigenvalue weighted by atomic mass is 9.81. The number of benzene rings is 3. The Bertz CT molecular complexity index is 1490. The van der Waals surface area contributed by atoms with Crippen molar-refractivity contribution in [2.45, 2.75) is 44.9 Å². The normalized spacial score (nSPS) is 17.7. The summed E-state index contributed by atoms with van der Waals surface area (Å²) in [7, 11) is 0. The standard InChI is InChI=1S/C33H33Cl2N3O4/c1-19(2)41-32(39)26-20(3)37-31(36)28(27(26)24-15-10-16-25(34)29(24)35)33(40)42-23-17-38(18-23)30(21-11-6-4-7-12-21)22-13-8-5-9-14-22/h4-16,19,23,27,30,37H,17-18,36H2,1-3H3. The minimum Gasteiger partial charge on any atom is -0.460 e. The van der Waals surface area contributed by atoms with Gasteiger partial charge in [-0.15, -0.1) is 0 Å². The lowest BCUT2D eigenvalue weighted by Gasteiger charge is -2.44. The molecule has 0 aliphatic carbocycles. The van der Waals surface area contributed by atoms with Crippen LogP contribution in [0.4, 0.5) is 0 Å². The van der Waals surface area contributed by atoms with Crippen molar-refractivity contribution in [3.05, 3.63) is 128 Å². The zero-order chi connectivity index (χ0) is 30.0. The molecule has 9 heteroatoms. The lowest BCUT2D eigenvalue weighted by Crippen LogP contribution is -2.54. The van der Waals surface area contributed by atoms with Gasteiger partial charge in [-0.1, -0.05) is 96.0 Å². The molecule has 1 fully saturated rings. The quantitative estimate of drug-likeness (QED) is 0.300. The highest BCUT2D eigenvalue weighted by atomic mass is 35.5. The summed E-state index contributed by atoms with van der Waals surface area (Å²) in [5, 5.41) is 3.48. The van der Waals surface area contributed by atoms with Crippen LogP contribution in [0.15, 0.2) is 102 Å². The number of dihydropyridines is 1. The Morgan fingerprint density at radius 2 is 1.48 bits per heavy atom. The number of nitrogens with zero attached hydrogens (tertiary/aromatic N) is 1. The van der Waals surface area contributed by atoms with E-state index in [1.165, 1.54) is 0 Å². The molecule has 2 heterocycles. The van der Waals surface area contributed by atoms with E-state index < -0.39 is 17.9 Å². The summed E-state index contributed by atoms with van der Waals surface area (Å²) >= 11 is 13.0. The Morgan fingerprint density at radius 1 is 0.881 bits per heavy atom. The van der Waals surface area contributed by atoms with Gasteiger partial charge < -0.3 is 20.5 Å². The van der Waals surface area contributed by atoms with Crippen LogP contribution in [-0.2, 0) is 19.1 Å². The van der Waals surface area contributed by atoms with Gasteiger partial charge in [0.05, 0.1) is 39.3 Å². The predicted octanol–water partition coefficient (Wildman–Crippen LogP) is 6.09. The number of allylic oxidation sites excluding steroid dienone is 1. The second-order valence-electron chi connectivity index (χ2n) is 10.7. The summed E-state index contributed by atoms with van der Waals surface area (Å²) < 4.78 is 11.6. The summed E-state index contributed by atoms with van der Waals surface area (Å²) in [5.74, 6) is -2.07. The van der Waals surface area contributed by atoms with E-state index in [9.17, 15) is 9.59 Å². The molecule has 1 atom stereocenters. The maximum absolute atomic E-state index is 13.8. The van der Waals surface area contributed by atoms with Crippen molar-refractivity contribution >= 4 is 35.1 Å². The predicted molar refractivity (Wildman–Crippen MR) is 164 cm³/mol. The third-order valence-electron chi connectivity index (χ3n) is 7.41. The lowest BCUT2D eigenvalue weighted by molar-refractivity contribution is -0.154. The number of hydrogen-bond donors (Lipinski definition) is 2. The number of esters is 2. The summed E-state index contributed by atoms with van der Waals surface area (Å²) in [6.07, 6.45) is -0.753. The van der Waals surface area contributed by atoms with Gasteiger partial charge in [0.25, 0.3) is 0 Å². The Hall–Kier alpha value is -3.78. The van der Waals surface area contributed by atoms with E-state index in [4.69, 9.17) is 38.4 Å². The third-order valence-corrected chi connectivity index (χ3v) is 8.25. The van der Waals surface area contributed by atoms with Crippen LogP contribution < -0.4 is 11.1 Å². The fraction of sp³-hybridized carbons (Fsp3) is 0.273. The molecule has 3 N–H and O–H groups in total. The van der Waals surface area contributed by atoms with Gasteiger partial charge in [0.15, 0.2) is 0 Å². The highest BCUT2D eigenvalue weighted by Gasteiger charge is 2.43. The van der Waals surface area contributed by atoms with Crippen LogP contribution in [0, 0.1) is 0 Å². The van der Waals surface area contributed by atoms with Crippen molar-refractivity contribution in [1.29, 1.82) is 0 Å². The number of likely N-dealkylation sites (tertiary alicyclic amines) is 1.